The normalized spacial score (nSPS) is 10.0. The first-order valence-electron chi connectivity index (χ1n) is 2.68. The monoisotopic (exact) mass is 130 g/mol. The van der Waals surface area contributed by atoms with Crippen LogP contribution in [0.1, 0.15) is 13.3 Å². The Morgan fingerprint density at radius 2 is 2.56 bits per heavy atom. The van der Waals surface area contributed by atoms with Gasteiger partial charge in [0.25, 0.3) is 0 Å². The molecule has 0 unspecified atom stereocenters. The standard InChI is InChI=1S/C5H10N2O2/c1-2-6-7-5(9)3-4-8/h2,8H,3-4H2,1H3,(H,7,9). The van der Waals surface area contributed by atoms with Crippen LogP contribution < -0.4 is 5.43 Å². The number of nitrogens with zero attached hydrogens (tertiary/aromatic N) is 1. The largest absolute Gasteiger partial charge is 0.396 e. The third kappa shape index (κ3) is 4.96. The van der Waals surface area contributed by atoms with Crippen molar-refractivity contribution < 1.29 is 9.90 Å². The van der Waals surface area contributed by atoms with Crippen molar-refractivity contribution >= 4 is 12.1 Å². The van der Waals surface area contributed by atoms with Crippen LogP contribution >= 0.6 is 0 Å². The third-order valence-corrected chi connectivity index (χ3v) is 0.657. The Morgan fingerprint density at radius 3 is 3.00 bits per heavy atom. The molecule has 0 spiro atoms. The number of hydrazone groups is 1. The Balaban J connectivity index is 3.27. The summed E-state index contributed by atoms with van der Waals surface area (Å²) in [5.41, 5.74) is 2.20. The molecule has 0 saturated carbocycles. The van der Waals surface area contributed by atoms with Crippen molar-refractivity contribution in [3.05, 3.63) is 0 Å². The molecule has 0 saturated heterocycles. The maximum atomic E-state index is 10.4. The first kappa shape index (κ1) is 8.10. The molecule has 4 nitrogen and oxygen atoms in total. The summed E-state index contributed by atoms with van der Waals surface area (Å²) in [7, 11) is 0. The second-order valence-electron chi connectivity index (χ2n) is 1.40. The summed E-state index contributed by atoms with van der Waals surface area (Å²) in [6, 6.07) is 0. The molecule has 0 bridgehead atoms. The predicted octanol–water partition coefficient (Wildman–Crippen LogP) is -0.509. The van der Waals surface area contributed by atoms with Gasteiger partial charge < -0.3 is 5.11 Å². The molecule has 52 valence electrons. The number of aliphatic hydroxyl groups excluding tert-OH is 1. The van der Waals surface area contributed by atoms with Gasteiger partial charge in [-0.1, -0.05) is 0 Å². The second-order valence-corrected chi connectivity index (χ2v) is 1.40. The van der Waals surface area contributed by atoms with E-state index in [0.29, 0.717) is 0 Å². The van der Waals surface area contributed by atoms with Gasteiger partial charge in [0, 0.05) is 6.21 Å². The van der Waals surface area contributed by atoms with Crippen LogP contribution in [0.2, 0.25) is 0 Å². The minimum absolute atomic E-state index is 0.108. The van der Waals surface area contributed by atoms with Gasteiger partial charge in [-0.2, -0.15) is 5.10 Å². The van der Waals surface area contributed by atoms with E-state index in [1.807, 2.05) is 0 Å². The van der Waals surface area contributed by atoms with Crippen molar-refractivity contribution in [3.8, 4) is 0 Å². The molecule has 0 aromatic carbocycles. The highest BCUT2D eigenvalue weighted by Gasteiger charge is 1.93. The van der Waals surface area contributed by atoms with Crippen LogP contribution in [0.5, 0.6) is 0 Å². The van der Waals surface area contributed by atoms with E-state index in [2.05, 4.69) is 10.5 Å². The molecule has 0 rings (SSSR count). The molecular weight excluding hydrogens is 120 g/mol. The summed E-state index contributed by atoms with van der Waals surface area (Å²) in [6.45, 7) is 1.56. The third-order valence-electron chi connectivity index (χ3n) is 0.657. The average Bonchev–Trinajstić information content (AvgIpc) is 1.85. The minimum atomic E-state index is -0.268. The van der Waals surface area contributed by atoms with Gasteiger partial charge in [0.05, 0.1) is 13.0 Å². The van der Waals surface area contributed by atoms with E-state index in [0.717, 1.165) is 0 Å². The van der Waals surface area contributed by atoms with E-state index in [1.165, 1.54) is 6.21 Å². The van der Waals surface area contributed by atoms with Crippen LogP contribution in [0.15, 0.2) is 5.10 Å². The topological polar surface area (TPSA) is 61.7 Å². The van der Waals surface area contributed by atoms with Crippen molar-refractivity contribution in [2.45, 2.75) is 13.3 Å². The Hall–Kier alpha value is -0.900. The summed E-state index contributed by atoms with van der Waals surface area (Å²) in [5.74, 6) is -0.268. The van der Waals surface area contributed by atoms with E-state index >= 15 is 0 Å². The molecule has 9 heavy (non-hydrogen) atoms. The van der Waals surface area contributed by atoms with Gasteiger partial charge in [-0.3, -0.25) is 4.79 Å². The SMILES string of the molecule is CC=NNC(=O)CCO. The molecule has 0 aliphatic heterocycles. The smallest absolute Gasteiger partial charge is 0.242 e. The zero-order chi connectivity index (χ0) is 7.11. The number of amides is 1. The van der Waals surface area contributed by atoms with Crippen molar-refractivity contribution in [2.24, 2.45) is 5.10 Å². The van der Waals surface area contributed by atoms with Crippen LogP contribution in [-0.4, -0.2) is 23.8 Å². The van der Waals surface area contributed by atoms with E-state index in [9.17, 15) is 4.79 Å². The lowest BCUT2D eigenvalue weighted by molar-refractivity contribution is -0.121. The molecular formula is C5H10N2O2. The lowest BCUT2D eigenvalue weighted by Crippen LogP contribution is -2.17. The van der Waals surface area contributed by atoms with Gasteiger partial charge in [0.1, 0.15) is 0 Å². The number of hydrogen-bond acceptors (Lipinski definition) is 3. The molecule has 0 fully saturated rings. The minimum Gasteiger partial charge on any atom is -0.396 e. The highest BCUT2D eigenvalue weighted by Crippen LogP contribution is 1.74. The fraction of sp³-hybridized carbons (Fsp3) is 0.600. The zero-order valence-electron chi connectivity index (χ0n) is 5.29. The Labute approximate surface area is 53.6 Å². The summed E-state index contributed by atoms with van der Waals surface area (Å²) < 4.78 is 0. The molecule has 0 aliphatic rings. The van der Waals surface area contributed by atoms with Gasteiger partial charge in [0.2, 0.25) is 5.91 Å². The molecule has 2 N–H and O–H groups in total. The van der Waals surface area contributed by atoms with Crippen molar-refractivity contribution in [1.29, 1.82) is 0 Å². The lowest BCUT2D eigenvalue weighted by Gasteiger charge is -1.92. The highest BCUT2D eigenvalue weighted by molar-refractivity contribution is 5.76. The summed E-state index contributed by atoms with van der Waals surface area (Å²) in [5, 5.41) is 11.7. The lowest BCUT2D eigenvalue weighted by atomic mass is 10.4. The van der Waals surface area contributed by atoms with Crippen LogP contribution in [0, 0.1) is 0 Å². The van der Waals surface area contributed by atoms with Crippen molar-refractivity contribution in [2.75, 3.05) is 6.61 Å². The van der Waals surface area contributed by atoms with Crippen molar-refractivity contribution in [3.63, 3.8) is 0 Å². The molecule has 0 radical (unpaired) electrons. The van der Waals surface area contributed by atoms with Gasteiger partial charge in [-0.25, -0.2) is 5.43 Å². The predicted molar refractivity (Wildman–Crippen MR) is 34.0 cm³/mol. The van der Waals surface area contributed by atoms with Gasteiger partial charge in [-0.05, 0) is 6.92 Å². The molecule has 0 heterocycles. The Morgan fingerprint density at radius 1 is 1.89 bits per heavy atom. The van der Waals surface area contributed by atoms with E-state index in [1.54, 1.807) is 6.92 Å². The van der Waals surface area contributed by atoms with Crippen LogP contribution in [-0.2, 0) is 4.79 Å². The first-order valence-corrected chi connectivity index (χ1v) is 2.68. The summed E-state index contributed by atoms with van der Waals surface area (Å²) in [4.78, 5) is 10.4. The van der Waals surface area contributed by atoms with Gasteiger partial charge in [0.15, 0.2) is 0 Å². The molecule has 0 atom stereocenters. The quantitative estimate of drug-likeness (QED) is 0.399. The van der Waals surface area contributed by atoms with Crippen LogP contribution in [0.3, 0.4) is 0 Å². The first-order chi connectivity index (χ1) is 4.31. The maximum Gasteiger partial charge on any atom is 0.242 e. The Kier molecular flexibility index (Phi) is 4.72. The van der Waals surface area contributed by atoms with E-state index < -0.39 is 0 Å². The molecule has 0 aliphatic carbocycles. The molecule has 0 aromatic heterocycles. The average molecular weight is 130 g/mol. The highest BCUT2D eigenvalue weighted by atomic mass is 16.3. The Bertz CT molecular complexity index is 112. The zero-order valence-corrected chi connectivity index (χ0v) is 5.29. The van der Waals surface area contributed by atoms with Gasteiger partial charge >= 0.3 is 0 Å². The van der Waals surface area contributed by atoms with Crippen molar-refractivity contribution in [1.82, 2.24) is 5.43 Å². The fourth-order valence-electron chi connectivity index (χ4n) is 0.294. The summed E-state index contributed by atoms with van der Waals surface area (Å²) >= 11 is 0. The number of aliphatic hydroxyl groups is 1. The van der Waals surface area contributed by atoms with Crippen LogP contribution in [0.4, 0.5) is 0 Å². The number of rotatable bonds is 3. The van der Waals surface area contributed by atoms with E-state index in [4.69, 9.17) is 5.11 Å². The number of hydrogen-bond donors (Lipinski definition) is 2. The summed E-state index contributed by atoms with van der Waals surface area (Å²) in [6.07, 6.45) is 1.58. The van der Waals surface area contributed by atoms with Gasteiger partial charge in [-0.15, -0.1) is 0 Å². The molecule has 0 aromatic rings. The number of carbonyl (C=O) groups excluding carboxylic acids is 1. The number of carbonyl (C=O) groups is 1. The van der Waals surface area contributed by atoms with Crippen LogP contribution in [0.25, 0.3) is 0 Å². The molecule has 4 heteroatoms. The molecule has 1 amide bonds. The second kappa shape index (κ2) is 5.24. The number of nitrogens with one attached hydrogen (secondary N) is 1. The fourth-order valence-corrected chi connectivity index (χ4v) is 0.294. The van der Waals surface area contributed by atoms with E-state index in [-0.39, 0.29) is 18.9 Å². The maximum absolute atomic E-state index is 10.4.